The summed E-state index contributed by atoms with van der Waals surface area (Å²) in [5.41, 5.74) is 0.0598. The van der Waals surface area contributed by atoms with Gasteiger partial charge in [-0.3, -0.25) is 4.79 Å². The van der Waals surface area contributed by atoms with Crippen molar-refractivity contribution in [2.75, 3.05) is 0 Å². The molecule has 0 fully saturated rings. The van der Waals surface area contributed by atoms with Gasteiger partial charge in [-0.2, -0.15) is 5.26 Å². The molecule has 1 rings (SSSR count). The van der Waals surface area contributed by atoms with Crippen LogP contribution < -0.4 is 0 Å². The van der Waals surface area contributed by atoms with E-state index in [-0.39, 0.29) is 16.9 Å². The van der Waals surface area contributed by atoms with Crippen molar-refractivity contribution in [1.29, 1.82) is 5.26 Å². The summed E-state index contributed by atoms with van der Waals surface area (Å²) in [5, 5.41) is 8.73. The molecule has 1 aromatic rings. The van der Waals surface area contributed by atoms with E-state index in [0.29, 0.717) is 6.42 Å². The lowest BCUT2D eigenvalue weighted by atomic mass is 10.0. The molecule has 0 bridgehead atoms. The summed E-state index contributed by atoms with van der Waals surface area (Å²) in [6, 6.07) is 5.87. The van der Waals surface area contributed by atoms with E-state index < -0.39 is 5.82 Å². The zero-order chi connectivity index (χ0) is 11.3. The number of Topliss-reactive ketones (excluding diaryl/α,β-unsaturated/α-hetero) is 1. The van der Waals surface area contributed by atoms with E-state index >= 15 is 0 Å². The summed E-state index contributed by atoms with van der Waals surface area (Å²) in [6.45, 7) is 1.98. The molecule has 0 heterocycles. The summed E-state index contributed by atoms with van der Waals surface area (Å²) >= 11 is 0. The molecule has 15 heavy (non-hydrogen) atoms. The minimum atomic E-state index is -0.625. The molecular weight excluding hydrogens is 193 g/mol. The third kappa shape index (κ3) is 2.63. The fourth-order valence-electron chi connectivity index (χ4n) is 1.34. The number of unbranched alkanes of at least 4 members (excludes halogenated alkanes) is 1. The van der Waals surface area contributed by atoms with Gasteiger partial charge in [0.1, 0.15) is 11.9 Å². The molecule has 0 saturated heterocycles. The Morgan fingerprint density at radius 2 is 2.27 bits per heavy atom. The summed E-state index contributed by atoms with van der Waals surface area (Å²) in [4.78, 5) is 11.6. The van der Waals surface area contributed by atoms with Crippen molar-refractivity contribution in [1.82, 2.24) is 0 Å². The number of ketones is 1. The van der Waals surface area contributed by atoms with Gasteiger partial charge in [-0.05, 0) is 18.6 Å². The predicted octanol–water partition coefficient (Wildman–Crippen LogP) is 3.07. The molecule has 0 radical (unpaired) electrons. The van der Waals surface area contributed by atoms with Crippen LogP contribution in [0.15, 0.2) is 18.2 Å². The lowest BCUT2D eigenvalue weighted by molar-refractivity contribution is 0.0979. The van der Waals surface area contributed by atoms with E-state index in [1.807, 2.05) is 6.92 Å². The van der Waals surface area contributed by atoms with Crippen molar-refractivity contribution in [3.63, 3.8) is 0 Å². The van der Waals surface area contributed by atoms with Crippen molar-refractivity contribution < 1.29 is 9.18 Å². The monoisotopic (exact) mass is 205 g/mol. The summed E-state index contributed by atoms with van der Waals surface area (Å²) < 4.78 is 13.2. The molecule has 0 atom stereocenters. The molecule has 3 heteroatoms. The second-order valence-corrected chi connectivity index (χ2v) is 3.30. The highest BCUT2D eigenvalue weighted by Crippen LogP contribution is 2.15. The van der Waals surface area contributed by atoms with Gasteiger partial charge in [0.15, 0.2) is 5.78 Å². The molecule has 0 amide bonds. The first-order chi connectivity index (χ1) is 7.20. The second kappa shape index (κ2) is 5.26. The van der Waals surface area contributed by atoms with Crippen LogP contribution >= 0.6 is 0 Å². The number of nitriles is 1. The van der Waals surface area contributed by atoms with Crippen LogP contribution in [0.5, 0.6) is 0 Å². The molecule has 0 aliphatic heterocycles. The highest BCUT2D eigenvalue weighted by molar-refractivity contribution is 5.98. The van der Waals surface area contributed by atoms with Crippen molar-refractivity contribution in [2.45, 2.75) is 26.2 Å². The van der Waals surface area contributed by atoms with Crippen molar-refractivity contribution >= 4 is 5.78 Å². The number of hydrogen-bond acceptors (Lipinski definition) is 2. The second-order valence-electron chi connectivity index (χ2n) is 3.30. The first-order valence-corrected chi connectivity index (χ1v) is 4.92. The zero-order valence-corrected chi connectivity index (χ0v) is 8.59. The SMILES string of the molecule is CCCCC(=O)c1cccc(F)c1C#N. The standard InChI is InChI=1S/C12H12FNO/c1-2-3-7-12(15)9-5-4-6-11(13)10(9)8-14/h4-6H,2-3,7H2,1H3. The third-order valence-corrected chi connectivity index (χ3v) is 2.18. The van der Waals surface area contributed by atoms with Crippen LogP contribution in [0, 0.1) is 17.1 Å². The fraction of sp³-hybridized carbons (Fsp3) is 0.333. The van der Waals surface area contributed by atoms with E-state index in [0.717, 1.165) is 12.8 Å². The van der Waals surface area contributed by atoms with E-state index in [2.05, 4.69) is 0 Å². The Morgan fingerprint density at radius 3 is 2.87 bits per heavy atom. The van der Waals surface area contributed by atoms with Crippen LogP contribution in [-0.2, 0) is 0 Å². The Kier molecular flexibility index (Phi) is 3.99. The largest absolute Gasteiger partial charge is 0.294 e. The fourth-order valence-corrected chi connectivity index (χ4v) is 1.34. The van der Waals surface area contributed by atoms with Gasteiger partial charge in [0.05, 0.1) is 5.56 Å². The molecule has 0 unspecified atom stereocenters. The molecule has 0 aliphatic rings. The number of halogens is 1. The number of hydrogen-bond donors (Lipinski definition) is 0. The number of nitrogens with zero attached hydrogens (tertiary/aromatic N) is 1. The first-order valence-electron chi connectivity index (χ1n) is 4.92. The Bertz CT molecular complexity index is 407. The number of carbonyl (C=O) groups is 1. The summed E-state index contributed by atoms with van der Waals surface area (Å²) in [5.74, 6) is -0.784. The zero-order valence-electron chi connectivity index (χ0n) is 8.59. The lowest BCUT2D eigenvalue weighted by Crippen LogP contribution is -2.03. The van der Waals surface area contributed by atoms with Crippen LogP contribution in [0.2, 0.25) is 0 Å². The Morgan fingerprint density at radius 1 is 1.53 bits per heavy atom. The maximum Gasteiger partial charge on any atom is 0.164 e. The smallest absolute Gasteiger partial charge is 0.164 e. The molecule has 0 spiro atoms. The topological polar surface area (TPSA) is 40.9 Å². The van der Waals surface area contributed by atoms with Crippen molar-refractivity contribution in [3.8, 4) is 6.07 Å². The lowest BCUT2D eigenvalue weighted by Gasteiger charge is -2.02. The highest BCUT2D eigenvalue weighted by atomic mass is 19.1. The van der Waals surface area contributed by atoms with Gasteiger partial charge in [0, 0.05) is 12.0 Å². The molecule has 0 aliphatic carbocycles. The third-order valence-electron chi connectivity index (χ3n) is 2.18. The Hall–Kier alpha value is -1.69. The van der Waals surface area contributed by atoms with Gasteiger partial charge in [-0.25, -0.2) is 4.39 Å². The van der Waals surface area contributed by atoms with Crippen molar-refractivity contribution in [3.05, 3.63) is 35.1 Å². The minimum absolute atomic E-state index is 0.140. The van der Waals surface area contributed by atoms with Gasteiger partial charge < -0.3 is 0 Å². The molecule has 78 valence electrons. The summed E-state index contributed by atoms with van der Waals surface area (Å²) in [6.07, 6.45) is 2.04. The molecule has 1 aromatic carbocycles. The molecule has 0 saturated carbocycles. The van der Waals surface area contributed by atoms with Gasteiger partial charge in [0.2, 0.25) is 0 Å². The predicted molar refractivity (Wildman–Crippen MR) is 55.0 cm³/mol. The first kappa shape index (κ1) is 11.4. The van der Waals surface area contributed by atoms with Crippen molar-refractivity contribution in [2.24, 2.45) is 0 Å². The molecule has 2 nitrogen and oxygen atoms in total. The number of carbonyl (C=O) groups excluding carboxylic acids is 1. The van der Waals surface area contributed by atoms with Crippen LogP contribution in [0.4, 0.5) is 4.39 Å². The molecule has 0 N–H and O–H groups in total. The van der Waals surface area contributed by atoms with E-state index in [4.69, 9.17) is 5.26 Å². The minimum Gasteiger partial charge on any atom is -0.294 e. The normalized spacial score (nSPS) is 9.67. The van der Waals surface area contributed by atoms with E-state index in [1.54, 1.807) is 6.07 Å². The van der Waals surface area contributed by atoms with Gasteiger partial charge in [-0.15, -0.1) is 0 Å². The highest BCUT2D eigenvalue weighted by Gasteiger charge is 2.13. The number of rotatable bonds is 4. The average molecular weight is 205 g/mol. The Labute approximate surface area is 88.3 Å². The van der Waals surface area contributed by atoms with E-state index in [9.17, 15) is 9.18 Å². The van der Waals surface area contributed by atoms with Gasteiger partial charge >= 0.3 is 0 Å². The maximum absolute atomic E-state index is 13.2. The van der Waals surface area contributed by atoms with Gasteiger partial charge in [0.25, 0.3) is 0 Å². The summed E-state index contributed by atoms with van der Waals surface area (Å²) in [7, 11) is 0. The quantitative estimate of drug-likeness (QED) is 0.709. The van der Waals surface area contributed by atoms with Crippen LogP contribution in [0.3, 0.4) is 0 Å². The molecular formula is C12H12FNO. The van der Waals surface area contributed by atoms with E-state index in [1.165, 1.54) is 18.2 Å². The maximum atomic E-state index is 13.2. The van der Waals surface area contributed by atoms with Gasteiger partial charge in [-0.1, -0.05) is 19.4 Å². The van der Waals surface area contributed by atoms with Crippen LogP contribution in [-0.4, -0.2) is 5.78 Å². The Balaban J connectivity index is 2.99. The van der Waals surface area contributed by atoms with Crippen LogP contribution in [0.25, 0.3) is 0 Å². The number of benzene rings is 1. The van der Waals surface area contributed by atoms with Crippen LogP contribution in [0.1, 0.15) is 42.1 Å². The molecule has 0 aromatic heterocycles. The average Bonchev–Trinajstić information content (AvgIpc) is 2.25.